The van der Waals surface area contributed by atoms with Gasteiger partial charge in [0.25, 0.3) is 5.69 Å². The van der Waals surface area contributed by atoms with Crippen LogP contribution in [0.3, 0.4) is 0 Å². The van der Waals surface area contributed by atoms with Gasteiger partial charge in [-0.15, -0.1) is 0 Å². The molecule has 2 heterocycles. The molecule has 1 saturated heterocycles. The van der Waals surface area contributed by atoms with Gasteiger partial charge in [0.15, 0.2) is 5.78 Å². The van der Waals surface area contributed by atoms with E-state index in [0.29, 0.717) is 0 Å². The van der Waals surface area contributed by atoms with Crippen molar-refractivity contribution in [3.63, 3.8) is 0 Å². The highest BCUT2D eigenvalue weighted by molar-refractivity contribution is 6.00. The quantitative estimate of drug-likeness (QED) is 0.401. The first-order valence-corrected chi connectivity index (χ1v) is 8.11. The van der Waals surface area contributed by atoms with E-state index in [2.05, 4.69) is 10.3 Å². The molecule has 3 atom stereocenters. The minimum Gasteiger partial charge on any atom is -0.363 e. The molecule has 1 aliphatic heterocycles. The number of carbonyl (C=O) groups excluding carboxylic acids is 2. The SMILES string of the molecule is O=C1N[C@H](c2ccc([N+](=O)[O-])cc2)[C@@H](C(=O)c2cccnc2)[C@](O)(C(F)(F)F)N1. The number of hydrogen-bond acceptors (Lipinski definition) is 6. The van der Waals surface area contributed by atoms with Crippen LogP contribution in [0, 0.1) is 16.0 Å². The van der Waals surface area contributed by atoms with E-state index in [4.69, 9.17) is 0 Å². The summed E-state index contributed by atoms with van der Waals surface area (Å²) in [6, 6.07) is 3.81. The van der Waals surface area contributed by atoms with Crippen LogP contribution in [0.25, 0.3) is 0 Å². The standard InChI is InChI=1S/C17H13F3N4O5/c18-17(19,20)16(27)12(14(25)10-2-1-7-21-8-10)13(22-15(26)23-16)9-3-5-11(6-4-9)24(28)29/h1-8,12-13,27H,(H2,22,23,26)/t12-,13+,16-/m0/s1. The fraction of sp³-hybridized carbons (Fsp3) is 0.235. The number of non-ortho nitro benzene ring substituents is 1. The number of hydrogen-bond donors (Lipinski definition) is 3. The third-order valence-electron chi connectivity index (χ3n) is 4.50. The summed E-state index contributed by atoms with van der Waals surface area (Å²) >= 11 is 0. The van der Waals surface area contributed by atoms with Gasteiger partial charge in [-0.1, -0.05) is 12.1 Å². The van der Waals surface area contributed by atoms with Crippen LogP contribution in [0.15, 0.2) is 48.8 Å². The summed E-state index contributed by atoms with van der Waals surface area (Å²) in [6.45, 7) is 0. The number of nitrogens with one attached hydrogen (secondary N) is 2. The number of benzene rings is 1. The maximum Gasteiger partial charge on any atom is 0.437 e. The molecular weight excluding hydrogens is 397 g/mol. The van der Waals surface area contributed by atoms with Gasteiger partial charge in [0.05, 0.1) is 11.0 Å². The summed E-state index contributed by atoms with van der Waals surface area (Å²) < 4.78 is 41.2. The Kier molecular flexibility index (Phi) is 4.96. The van der Waals surface area contributed by atoms with E-state index in [0.717, 1.165) is 30.5 Å². The van der Waals surface area contributed by atoms with Crippen molar-refractivity contribution < 1.29 is 32.8 Å². The molecule has 0 saturated carbocycles. The van der Waals surface area contributed by atoms with E-state index in [-0.39, 0.29) is 16.8 Å². The summed E-state index contributed by atoms with van der Waals surface area (Å²) in [7, 11) is 0. The Hall–Kier alpha value is -3.54. The first-order valence-electron chi connectivity index (χ1n) is 8.11. The first-order chi connectivity index (χ1) is 13.5. The molecule has 3 N–H and O–H groups in total. The fourth-order valence-electron chi connectivity index (χ4n) is 3.11. The molecule has 1 fully saturated rings. The third kappa shape index (κ3) is 3.61. The number of nitro groups is 1. The van der Waals surface area contributed by atoms with E-state index in [1.165, 1.54) is 23.6 Å². The second-order valence-corrected chi connectivity index (χ2v) is 6.27. The fourth-order valence-corrected chi connectivity index (χ4v) is 3.11. The van der Waals surface area contributed by atoms with Crippen molar-refractivity contribution in [2.75, 3.05) is 0 Å². The number of pyridine rings is 1. The van der Waals surface area contributed by atoms with Gasteiger partial charge in [-0.2, -0.15) is 13.2 Å². The van der Waals surface area contributed by atoms with Crippen LogP contribution in [0.4, 0.5) is 23.7 Å². The summed E-state index contributed by atoms with van der Waals surface area (Å²) in [6.07, 6.45) is -3.06. The molecule has 2 aromatic rings. The summed E-state index contributed by atoms with van der Waals surface area (Å²) in [5, 5.41) is 24.8. The van der Waals surface area contributed by atoms with Crippen LogP contribution in [-0.2, 0) is 0 Å². The lowest BCUT2D eigenvalue weighted by molar-refractivity contribution is -0.384. The molecule has 0 bridgehead atoms. The summed E-state index contributed by atoms with van der Waals surface area (Å²) in [5.74, 6) is -3.36. The van der Waals surface area contributed by atoms with E-state index in [9.17, 15) is 38.0 Å². The zero-order chi connectivity index (χ0) is 21.4. The molecule has 0 spiro atoms. The molecule has 12 heteroatoms. The lowest BCUT2D eigenvalue weighted by Crippen LogP contribution is -2.72. The maximum absolute atomic E-state index is 13.7. The monoisotopic (exact) mass is 410 g/mol. The van der Waals surface area contributed by atoms with Gasteiger partial charge in [0.1, 0.15) is 5.92 Å². The molecule has 1 aromatic carbocycles. The molecule has 29 heavy (non-hydrogen) atoms. The van der Waals surface area contributed by atoms with Crippen LogP contribution in [-0.4, -0.2) is 38.7 Å². The molecule has 1 aromatic heterocycles. The van der Waals surface area contributed by atoms with Crippen molar-refractivity contribution in [2.24, 2.45) is 5.92 Å². The maximum atomic E-state index is 13.7. The van der Waals surface area contributed by atoms with E-state index >= 15 is 0 Å². The van der Waals surface area contributed by atoms with Gasteiger partial charge in [-0.05, 0) is 17.7 Å². The highest BCUT2D eigenvalue weighted by atomic mass is 19.4. The predicted molar refractivity (Wildman–Crippen MR) is 90.6 cm³/mol. The Morgan fingerprint density at radius 3 is 2.41 bits per heavy atom. The first kappa shape index (κ1) is 20.2. The molecule has 9 nitrogen and oxygen atoms in total. The number of amides is 2. The summed E-state index contributed by atoms with van der Waals surface area (Å²) in [4.78, 5) is 38.6. The van der Waals surface area contributed by atoms with Crippen molar-refractivity contribution >= 4 is 17.5 Å². The lowest BCUT2D eigenvalue weighted by atomic mass is 9.77. The Bertz CT molecular complexity index is 952. The molecule has 3 rings (SSSR count). The van der Waals surface area contributed by atoms with Crippen molar-refractivity contribution in [1.29, 1.82) is 0 Å². The molecule has 0 unspecified atom stereocenters. The molecule has 1 aliphatic rings. The van der Waals surface area contributed by atoms with Crippen LogP contribution in [0.2, 0.25) is 0 Å². The third-order valence-corrected chi connectivity index (χ3v) is 4.50. The zero-order valence-electron chi connectivity index (χ0n) is 14.4. The van der Waals surface area contributed by atoms with Gasteiger partial charge < -0.3 is 15.7 Å². The minimum absolute atomic E-state index is 0.0321. The number of carbonyl (C=O) groups is 2. The van der Waals surface area contributed by atoms with Gasteiger partial charge >= 0.3 is 12.2 Å². The number of nitrogens with zero attached hydrogens (tertiary/aromatic N) is 2. The second-order valence-electron chi connectivity index (χ2n) is 6.27. The van der Waals surface area contributed by atoms with Crippen LogP contribution >= 0.6 is 0 Å². The number of alkyl halides is 3. The highest BCUT2D eigenvalue weighted by Gasteiger charge is 2.66. The predicted octanol–water partition coefficient (Wildman–Crippen LogP) is 2.09. The number of aromatic nitrogens is 1. The highest BCUT2D eigenvalue weighted by Crippen LogP contribution is 2.44. The topological polar surface area (TPSA) is 134 Å². The van der Waals surface area contributed by atoms with E-state index in [1.807, 2.05) is 0 Å². The zero-order valence-corrected chi connectivity index (χ0v) is 14.4. The van der Waals surface area contributed by atoms with E-state index in [1.54, 1.807) is 0 Å². The van der Waals surface area contributed by atoms with Crippen LogP contribution < -0.4 is 10.6 Å². The normalized spacial score (nSPS) is 24.3. The second kappa shape index (κ2) is 7.13. The Labute approximate surface area is 160 Å². The van der Waals surface area contributed by atoms with Crippen molar-refractivity contribution in [1.82, 2.24) is 15.6 Å². The van der Waals surface area contributed by atoms with Crippen LogP contribution in [0.1, 0.15) is 22.0 Å². The Balaban J connectivity index is 2.14. The number of rotatable bonds is 4. The number of nitro benzene ring substituents is 1. The summed E-state index contributed by atoms with van der Waals surface area (Å²) in [5.41, 5.74) is -4.47. The molecule has 0 aliphatic carbocycles. The largest absolute Gasteiger partial charge is 0.437 e. The molecule has 2 amide bonds. The number of urea groups is 1. The molecule has 0 radical (unpaired) electrons. The smallest absolute Gasteiger partial charge is 0.363 e. The Morgan fingerprint density at radius 1 is 1.24 bits per heavy atom. The molecular formula is C17H13F3N4O5. The number of aliphatic hydroxyl groups is 1. The van der Waals surface area contributed by atoms with Gasteiger partial charge in [0.2, 0.25) is 5.72 Å². The van der Waals surface area contributed by atoms with Crippen molar-refractivity contribution in [2.45, 2.75) is 17.9 Å². The van der Waals surface area contributed by atoms with Gasteiger partial charge in [-0.3, -0.25) is 19.9 Å². The van der Waals surface area contributed by atoms with E-state index < -0.39 is 40.6 Å². The van der Waals surface area contributed by atoms with Crippen molar-refractivity contribution in [3.8, 4) is 0 Å². The number of ketones is 1. The number of halogens is 3. The van der Waals surface area contributed by atoms with Crippen molar-refractivity contribution in [3.05, 3.63) is 70.0 Å². The number of Topliss-reactive ketones (excluding diaryl/α,β-unsaturated/α-hetero) is 1. The van der Waals surface area contributed by atoms with Crippen LogP contribution in [0.5, 0.6) is 0 Å². The minimum atomic E-state index is -5.40. The van der Waals surface area contributed by atoms with Gasteiger partial charge in [-0.25, -0.2) is 4.79 Å². The Morgan fingerprint density at radius 2 is 1.90 bits per heavy atom. The average molecular weight is 410 g/mol. The molecule has 152 valence electrons. The average Bonchev–Trinajstić information content (AvgIpc) is 2.67. The lowest BCUT2D eigenvalue weighted by Gasteiger charge is -2.45. The van der Waals surface area contributed by atoms with Gasteiger partial charge in [0, 0.05) is 30.1 Å².